The van der Waals surface area contributed by atoms with Crippen LogP contribution in [0.25, 0.3) is 6.08 Å². The highest BCUT2D eigenvalue weighted by molar-refractivity contribution is 7.07. The number of alkyl halides is 3. The number of carbonyl (C=O) groups excluding carboxylic acids is 1. The molecule has 8 nitrogen and oxygen atoms in total. The summed E-state index contributed by atoms with van der Waals surface area (Å²) in [5.74, 6) is -0.799. The van der Waals surface area contributed by atoms with E-state index in [-0.39, 0.29) is 51.2 Å². The highest BCUT2D eigenvalue weighted by Crippen LogP contribution is 2.39. The van der Waals surface area contributed by atoms with Crippen LogP contribution in [0.3, 0.4) is 0 Å². The molecule has 1 aliphatic rings. The van der Waals surface area contributed by atoms with Gasteiger partial charge in [0.05, 0.1) is 46.0 Å². The van der Waals surface area contributed by atoms with Crippen molar-refractivity contribution in [3.63, 3.8) is 0 Å². The molecule has 0 N–H and O–H groups in total. The number of aromatic nitrogens is 1. The summed E-state index contributed by atoms with van der Waals surface area (Å²) in [6.45, 7) is 3.28. The van der Waals surface area contributed by atoms with E-state index in [0.29, 0.717) is 33.0 Å². The third-order valence-electron chi connectivity index (χ3n) is 6.92. The van der Waals surface area contributed by atoms with E-state index >= 15 is 0 Å². The van der Waals surface area contributed by atoms with Crippen LogP contribution in [0.5, 0.6) is 11.5 Å². The van der Waals surface area contributed by atoms with Crippen LogP contribution in [-0.4, -0.2) is 29.9 Å². The molecule has 14 heteroatoms. The summed E-state index contributed by atoms with van der Waals surface area (Å²) in [6, 6.07) is 16.4. The molecule has 0 amide bonds. The molecule has 0 bridgehead atoms. The molecule has 5 rings (SSSR count). The van der Waals surface area contributed by atoms with Gasteiger partial charge in [-0.1, -0.05) is 64.9 Å². The van der Waals surface area contributed by atoms with Gasteiger partial charge in [0.15, 0.2) is 22.0 Å². The zero-order valence-electron chi connectivity index (χ0n) is 24.7. The average Bonchev–Trinajstić information content (AvgIpc) is 3.34. The maximum absolute atomic E-state index is 14.4. The smallest absolute Gasteiger partial charge is 0.434 e. The van der Waals surface area contributed by atoms with E-state index in [4.69, 9.17) is 37.4 Å². The number of allylic oxidation sites excluding steroid dienone is 1. The van der Waals surface area contributed by atoms with Crippen LogP contribution in [0, 0.1) is 11.3 Å². The summed E-state index contributed by atoms with van der Waals surface area (Å²) in [4.78, 5) is 30.4. The molecule has 242 valence electrons. The number of nitriles is 1. The number of hydrogen-bond acceptors (Lipinski definition) is 8. The number of benzene rings is 3. The van der Waals surface area contributed by atoms with Gasteiger partial charge in [0, 0.05) is 10.6 Å². The number of ether oxygens (including phenoxy) is 3. The van der Waals surface area contributed by atoms with Gasteiger partial charge >= 0.3 is 12.1 Å². The predicted octanol–water partition coefficient (Wildman–Crippen LogP) is 6.50. The zero-order chi connectivity index (χ0) is 33.9. The lowest BCUT2D eigenvalue weighted by atomic mass is 9.95. The fraction of sp³-hybridized carbons (Fsp3) is 0.212. The zero-order valence-corrected chi connectivity index (χ0v) is 27.1. The van der Waals surface area contributed by atoms with Gasteiger partial charge < -0.3 is 14.2 Å². The number of halogens is 5. The van der Waals surface area contributed by atoms with Gasteiger partial charge in [0.1, 0.15) is 6.61 Å². The average molecular weight is 703 g/mol. The first-order valence-electron chi connectivity index (χ1n) is 14.1. The van der Waals surface area contributed by atoms with Gasteiger partial charge in [-0.25, -0.2) is 9.79 Å². The maximum atomic E-state index is 14.4. The minimum atomic E-state index is -5.04. The molecule has 4 aromatic rings. The molecule has 3 aromatic carbocycles. The first-order valence-corrected chi connectivity index (χ1v) is 15.7. The molecule has 0 saturated heterocycles. The summed E-state index contributed by atoms with van der Waals surface area (Å²) in [5, 5.41) is 9.84. The van der Waals surface area contributed by atoms with Gasteiger partial charge in [-0.05, 0) is 61.4 Å². The molecular weight excluding hydrogens is 678 g/mol. The van der Waals surface area contributed by atoms with Gasteiger partial charge in [-0.15, -0.1) is 0 Å². The molecule has 0 radical (unpaired) electrons. The molecule has 0 saturated carbocycles. The maximum Gasteiger partial charge on any atom is 0.434 e. The van der Waals surface area contributed by atoms with Gasteiger partial charge in [-0.2, -0.15) is 18.4 Å². The molecule has 0 spiro atoms. The van der Waals surface area contributed by atoms with E-state index in [0.717, 1.165) is 4.57 Å². The van der Waals surface area contributed by atoms with Gasteiger partial charge in [-0.3, -0.25) is 9.36 Å². The van der Waals surface area contributed by atoms with Crippen molar-refractivity contribution in [2.45, 2.75) is 32.7 Å². The Kier molecular flexibility index (Phi) is 10.1. The summed E-state index contributed by atoms with van der Waals surface area (Å²) >= 11 is 13.4. The number of fused-ring (bicyclic) bond motifs is 1. The standard InChI is InChI=1S/C33H24Cl2F3N3O5S/c1-3-44-24-14-18(13-23(35)28(24)46-17-21-8-6-5-7-20(21)16-39)15-25-30(42)41-27(19-9-11-22(34)12-10-19)26(31(43)45-4-2)29(33(36,37)38)40-32(41)47-25/h5-15,27H,3-4,17H2,1-2H3/b25-15-/t27-/m1/s1. The minimum absolute atomic E-state index is 0.0180. The van der Waals surface area contributed by atoms with Gasteiger partial charge in [0.2, 0.25) is 0 Å². The molecule has 47 heavy (non-hydrogen) atoms. The van der Waals surface area contributed by atoms with Crippen molar-refractivity contribution >= 4 is 46.6 Å². The van der Waals surface area contributed by atoms with Crippen LogP contribution in [0.4, 0.5) is 13.2 Å². The van der Waals surface area contributed by atoms with E-state index in [1.165, 1.54) is 43.3 Å². The second kappa shape index (κ2) is 14.0. The topological polar surface area (TPSA) is 103 Å². The summed E-state index contributed by atoms with van der Waals surface area (Å²) in [6.07, 6.45) is -3.60. The summed E-state index contributed by atoms with van der Waals surface area (Å²) < 4.78 is 60.9. The van der Waals surface area contributed by atoms with Crippen molar-refractivity contribution in [2.75, 3.05) is 13.2 Å². The van der Waals surface area contributed by atoms with Crippen molar-refractivity contribution in [2.24, 2.45) is 4.99 Å². The monoisotopic (exact) mass is 701 g/mol. The Morgan fingerprint density at radius 1 is 1.09 bits per heavy atom. The fourth-order valence-electron chi connectivity index (χ4n) is 4.93. The highest BCUT2D eigenvalue weighted by atomic mass is 35.5. The second-order valence-corrected chi connectivity index (χ2v) is 11.8. The van der Waals surface area contributed by atoms with Crippen molar-refractivity contribution < 1.29 is 32.2 Å². The number of rotatable bonds is 9. The fourth-order valence-corrected chi connectivity index (χ4v) is 6.33. The van der Waals surface area contributed by atoms with Crippen LogP contribution in [0.2, 0.25) is 10.0 Å². The van der Waals surface area contributed by atoms with Gasteiger partial charge in [0.25, 0.3) is 5.56 Å². The molecule has 2 heterocycles. The molecular formula is C33H24Cl2F3N3O5S. The number of nitrogens with zero attached hydrogens (tertiary/aromatic N) is 3. The van der Waals surface area contributed by atoms with E-state index < -0.39 is 35.0 Å². The largest absolute Gasteiger partial charge is 0.490 e. The highest BCUT2D eigenvalue weighted by Gasteiger charge is 2.45. The molecule has 1 atom stereocenters. The Morgan fingerprint density at radius 2 is 1.81 bits per heavy atom. The van der Waals surface area contributed by atoms with Crippen LogP contribution in [-0.2, 0) is 16.1 Å². The van der Waals surface area contributed by atoms with Crippen molar-refractivity contribution in [3.05, 3.63) is 124 Å². The quantitative estimate of drug-likeness (QED) is 0.185. The number of carbonyl (C=O) groups is 1. The van der Waals surface area contributed by atoms with Crippen molar-refractivity contribution in [3.8, 4) is 17.6 Å². The van der Waals surface area contributed by atoms with E-state index in [1.54, 1.807) is 37.3 Å². The Bertz CT molecular complexity index is 2100. The van der Waals surface area contributed by atoms with E-state index in [9.17, 15) is 28.0 Å². The minimum Gasteiger partial charge on any atom is -0.490 e. The van der Waals surface area contributed by atoms with Crippen LogP contribution < -0.4 is 24.4 Å². The lowest BCUT2D eigenvalue weighted by Crippen LogP contribution is -2.41. The lowest BCUT2D eigenvalue weighted by molar-refractivity contribution is -0.140. The molecule has 0 aliphatic carbocycles. The summed E-state index contributed by atoms with van der Waals surface area (Å²) in [7, 11) is 0. The molecule has 0 unspecified atom stereocenters. The Balaban J connectivity index is 1.65. The third kappa shape index (κ3) is 7.07. The number of hydrogen-bond donors (Lipinski definition) is 0. The molecule has 1 aromatic heterocycles. The Morgan fingerprint density at radius 3 is 2.47 bits per heavy atom. The lowest BCUT2D eigenvalue weighted by Gasteiger charge is -2.26. The Hall–Kier alpha value is -4.57. The van der Waals surface area contributed by atoms with Crippen LogP contribution >= 0.6 is 34.5 Å². The second-order valence-electron chi connectivity index (χ2n) is 9.94. The third-order valence-corrected chi connectivity index (χ3v) is 8.44. The van der Waals surface area contributed by atoms with Crippen LogP contribution in [0.1, 0.15) is 42.1 Å². The van der Waals surface area contributed by atoms with Crippen molar-refractivity contribution in [1.29, 1.82) is 5.26 Å². The number of esters is 1. The normalized spacial score (nSPS) is 14.7. The van der Waals surface area contributed by atoms with Crippen LogP contribution in [0.15, 0.2) is 81.7 Å². The summed E-state index contributed by atoms with van der Waals surface area (Å²) in [5.41, 5.74) is -1.31. The van der Waals surface area contributed by atoms with E-state index in [2.05, 4.69) is 11.1 Å². The molecule has 0 fully saturated rings. The van der Waals surface area contributed by atoms with E-state index in [1.807, 2.05) is 0 Å². The SMILES string of the molecule is CCOC(=O)C1=C(C(F)(F)F)N=c2s/c(=C\c3cc(Cl)c(OCc4ccccc4C#N)c(OCC)c3)c(=O)n2[C@@H]1c1ccc(Cl)cc1. The number of thiazole rings is 1. The first kappa shape index (κ1) is 33.8. The first-order chi connectivity index (χ1) is 22.5. The van der Waals surface area contributed by atoms with Crippen molar-refractivity contribution in [1.82, 2.24) is 4.57 Å². The Labute approximate surface area is 280 Å². The predicted molar refractivity (Wildman–Crippen MR) is 170 cm³/mol. The molecule has 1 aliphatic heterocycles.